The molecule has 0 spiro atoms. The molecule has 0 aromatic heterocycles. The molecular formula is C24H24N2O3. The van der Waals surface area contributed by atoms with Crippen LogP contribution in [0.4, 0.5) is 5.69 Å². The SMILES string of the molecule is Cc1ccc([C@H](NCC(=O)Nc2ccc3c(c2)OCO3)c2ccccc2)cc1C. The Hall–Kier alpha value is -3.31. The number of amides is 1. The van der Waals surface area contributed by atoms with Crippen LogP contribution in [0.2, 0.25) is 0 Å². The van der Waals surface area contributed by atoms with Gasteiger partial charge < -0.3 is 14.8 Å². The molecule has 148 valence electrons. The lowest BCUT2D eigenvalue weighted by atomic mass is 9.95. The van der Waals surface area contributed by atoms with E-state index in [-0.39, 0.29) is 25.3 Å². The third kappa shape index (κ3) is 4.41. The van der Waals surface area contributed by atoms with Crippen molar-refractivity contribution in [2.24, 2.45) is 0 Å². The van der Waals surface area contributed by atoms with Gasteiger partial charge in [0.25, 0.3) is 0 Å². The molecule has 0 unspecified atom stereocenters. The van der Waals surface area contributed by atoms with Gasteiger partial charge in [0, 0.05) is 11.8 Å². The van der Waals surface area contributed by atoms with Crippen LogP contribution in [-0.4, -0.2) is 19.2 Å². The molecule has 1 aliphatic heterocycles. The molecule has 0 saturated carbocycles. The van der Waals surface area contributed by atoms with Gasteiger partial charge in [-0.15, -0.1) is 0 Å². The van der Waals surface area contributed by atoms with Gasteiger partial charge in [0.05, 0.1) is 12.6 Å². The van der Waals surface area contributed by atoms with E-state index in [0.29, 0.717) is 17.2 Å². The number of hydrogen-bond acceptors (Lipinski definition) is 4. The monoisotopic (exact) mass is 388 g/mol. The maximum Gasteiger partial charge on any atom is 0.238 e. The molecule has 29 heavy (non-hydrogen) atoms. The summed E-state index contributed by atoms with van der Waals surface area (Å²) in [6.07, 6.45) is 0. The first-order valence-corrected chi connectivity index (χ1v) is 9.65. The summed E-state index contributed by atoms with van der Waals surface area (Å²) in [5, 5.41) is 6.32. The van der Waals surface area contributed by atoms with Crippen LogP contribution in [0, 0.1) is 13.8 Å². The van der Waals surface area contributed by atoms with Crippen LogP contribution in [0.15, 0.2) is 66.7 Å². The summed E-state index contributed by atoms with van der Waals surface area (Å²) in [5.41, 5.74) is 5.42. The van der Waals surface area contributed by atoms with E-state index in [1.807, 2.05) is 24.3 Å². The molecule has 1 aliphatic rings. The molecule has 5 nitrogen and oxygen atoms in total. The second-order valence-corrected chi connectivity index (χ2v) is 7.18. The van der Waals surface area contributed by atoms with E-state index in [0.717, 1.165) is 11.1 Å². The van der Waals surface area contributed by atoms with E-state index in [2.05, 4.69) is 54.8 Å². The molecule has 3 aromatic carbocycles. The first-order chi connectivity index (χ1) is 14.1. The molecule has 0 radical (unpaired) electrons. The minimum atomic E-state index is -0.117. The standard InChI is InChI=1S/C24H24N2O3/c1-16-8-9-19(12-17(16)2)24(18-6-4-3-5-7-18)25-14-23(27)26-20-10-11-21-22(13-20)29-15-28-21/h3-13,24-25H,14-15H2,1-2H3,(H,26,27)/t24-/m1/s1. The lowest BCUT2D eigenvalue weighted by molar-refractivity contribution is -0.115. The quantitative estimate of drug-likeness (QED) is 0.659. The van der Waals surface area contributed by atoms with Gasteiger partial charge in [-0.3, -0.25) is 10.1 Å². The van der Waals surface area contributed by atoms with E-state index in [1.165, 1.54) is 11.1 Å². The van der Waals surface area contributed by atoms with Gasteiger partial charge in [0.1, 0.15) is 0 Å². The average molecular weight is 388 g/mol. The van der Waals surface area contributed by atoms with E-state index < -0.39 is 0 Å². The van der Waals surface area contributed by atoms with Crippen LogP contribution in [0.3, 0.4) is 0 Å². The number of fused-ring (bicyclic) bond motifs is 1. The Morgan fingerprint density at radius 3 is 2.48 bits per heavy atom. The highest BCUT2D eigenvalue weighted by molar-refractivity contribution is 5.92. The van der Waals surface area contributed by atoms with Gasteiger partial charge >= 0.3 is 0 Å². The number of benzene rings is 3. The summed E-state index contributed by atoms with van der Waals surface area (Å²) in [7, 11) is 0. The molecule has 1 atom stereocenters. The third-order valence-corrected chi connectivity index (χ3v) is 5.12. The van der Waals surface area contributed by atoms with Gasteiger partial charge in [-0.1, -0.05) is 48.5 Å². The van der Waals surface area contributed by atoms with Crippen LogP contribution >= 0.6 is 0 Å². The number of hydrogen-bond donors (Lipinski definition) is 2. The highest BCUT2D eigenvalue weighted by atomic mass is 16.7. The lowest BCUT2D eigenvalue weighted by Crippen LogP contribution is -2.32. The minimum Gasteiger partial charge on any atom is -0.454 e. The van der Waals surface area contributed by atoms with Crippen molar-refractivity contribution in [2.75, 3.05) is 18.7 Å². The van der Waals surface area contributed by atoms with E-state index in [4.69, 9.17) is 9.47 Å². The number of carbonyl (C=O) groups excluding carboxylic acids is 1. The second kappa shape index (κ2) is 8.37. The Kier molecular flexibility index (Phi) is 5.49. The largest absolute Gasteiger partial charge is 0.454 e. The van der Waals surface area contributed by atoms with Crippen LogP contribution in [0.1, 0.15) is 28.3 Å². The fraction of sp³-hybridized carbons (Fsp3) is 0.208. The van der Waals surface area contributed by atoms with E-state index in [1.54, 1.807) is 12.1 Å². The van der Waals surface area contributed by atoms with Crippen LogP contribution < -0.4 is 20.1 Å². The molecule has 4 rings (SSSR count). The first kappa shape index (κ1) is 19.0. The van der Waals surface area contributed by atoms with Crippen molar-refractivity contribution in [3.05, 3.63) is 89.0 Å². The van der Waals surface area contributed by atoms with Gasteiger partial charge in [0.15, 0.2) is 11.5 Å². The normalized spacial score (nSPS) is 13.2. The zero-order valence-electron chi connectivity index (χ0n) is 16.6. The smallest absolute Gasteiger partial charge is 0.238 e. The number of aryl methyl sites for hydroxylation is 2. The Morgan fingerprint density at radius 1 is 0.897 bits per heavy atom. The molecule has 3 aromatic rings. The molecular weight excluding hydrogens is 364 g/mol. The zero-order valence-corrected chi connectivity index (χ0v) is 16.6. The third-order valence-electron chi connectivity index (χ3n) is 5.12. The summed E-state index contributed by atoms with van der Waals surface area (Å²) in [6, 6.07) is 21.9. The predicted molar refractivity (Wildman–Crippen MR) is 113 cm³/mol. The Balaban J connectivity index is 1.47. The van der Waals surface area contributed by atoms with Crippen LogP contribution in [0.5, 0.6) is 11.5 Å². The summed E-state index contributed by atoms with van der Waals surface area (Å²) >= 11 is 0. The summed E-state index contributed by atoms with van der Waals surface area (Å²) in [5.74, 6) is 1.22. The molecule has 0 fully saturated rings. The second-order valence-electron chi connectivity index (χ2n) is 7.18. The summed E-state index contributed by atoms with van der Waals surface area (Å²) in [6.45, 7) is 4.60. The molecule has 0 saturated heterocycles. The fourth-order valence-corrected chi connectivity index (χ4v) is 3.39. The van der Waals surface area contributed by atoms with Crippen molar-refractivity contribution in [3.8, 4) is 11.5 Å². The van der Waals surface area contributed by atoms with Crippen molar-refractivity contribution in [3.63, 3.8) is 0 Å². The fourth-order valence-electron chi connectivity index (χ4n) is 3.39. The maximum atomic E-state index is 12.6. The van der Waals surface area contributed by atoms with E-state index >= 15 is 0 Å². The molecule has 2 N–H and O–H groups in total. The molecule has 1 heterocycles. The maximum absolute atomic E-state index is 12.6. The van der Waals surface area contributed by atoms with Gasteiger partial charge in [-0.05, 0) is 48.2 Å². The number of nitrogens with one attached hydrogen (secondary N) is 2. The van der Waals surface area contributed by atoms with Crippen molar-refractivity contribution in [1.29, 1.82) is 0 Å². The van der Waals surface area contributed by atoms with Gasteiger partial charge in [-0.25, -0.2) is 0 Å². The Labute approximate surface area is 170 Å². The van der Waals surface area contributed by atoms with Gasteiger partial charge in [-0.2, -0.15) is 0 Å². The number of rotatable bonds is 6. The van der Waals surface area contributed by atoms with Crippen LogP contribution in [-0.2, 0) is 4.79 Å². The predicted octanol–water partition coefficient (Wildman–Crippen LogP) is 4.35. The summed E-state index contributed by atoms with van der Waals surface area (Å²) < 4.78 is 10.7. The van der Waals surface area contributed by atoms with Crippen molar-refractivity contribution < 1.29 is 14.3 Å². The topological polar surface area (TPSA) is 59.6 Å². The Morgan fingerprint density at radius 2 is 1.69 bits per heavy atom. The molecule has 5 heteroatoms. The minimum absolute atomic E-state index is 0.0713. The average Bonchev–Trinajstić information content (AvgIpc) is 3.19. The lowest BCUT2D eigenvalue weighted by Gasteiger charge is -2.21. The zero-order chi connectivity index (χ0) is 20.2. The van der Waals surface area contributed by atoms with Crippen molar-refractivity contribution >= 4 is 11.6 Å². The summed E-state index contributed by atoms with van der Waals surface area (Å²) in [4.78, 5) is 12.6. The van der Waals surface area contributed by atoms with Crippen molar-refractivity contribution in [2.45, 2.75) is 19.9 Å². The molecule has 0 aliphatic carbocycles. The molecule has 1 amide bonds. The highest BCUT2D eigenvalue weighted by Gasteiger charge is 2.17. The number of ether oxygens (including phenoxy) is 2. The van der Waals surface area contributed by atoms with Crippen LogP contribution in [0.25, 0.3) is 0 Å². The van der Waals surface area contributed by atoms with E-state index in [9.17, 15) is 4.79 Å². The van der Waals surface area contributed by atoms with Gasteiger partial charge in [0.2, 0.25) is 12.7 Å². The van der Waals surface area contributed by atoms with Crippen molar-refractivity contribution in [1.82, 2.24) is 5.32 Å². The highest BCUT2D eigenvalue weighted by Crippen LogP contribution is 2.34. The number of anilines is 1. The number of carbonyl (C=O) groups is 1. The first-order valence-electron chi connectivity index (χ1n) is 9.65. The Bertz CT molecular complexity index is 1020. The molecule has 0 bridgehead atoms.